The van der Waals surface area contributed by atoms with E-state index in [2.05, 4.69) is 40.7 Å². The molecule has 0 aromatic heterocycles. The number of benzene rings is 2. The Morgan fingerprint density at radius 3 is 2.39 bits per heavy atom. The van der Waals surface area contributed by atoms with Crippen LogP contribution >= 0.6 is 0 Å². The number of hydrogen-bond donors (Lipinski definition) is 5. The number of anilines is 2. The molecule has 0 radical (unpaired) electrons. The van der Waals surface area contributed by atoms with Gasteiger partial charge in [-0.3, -0.25) is 9.59 Å². The Hall–Kier alpha value is -3.50. The molecule has 5 rings (SSSR count). The van der Waals surface area contributed by atoms with Crippen molar-refractivity contribution in [2.45, 2.75) is 57.4 Å². The maximum absolute atomic E-state index is 13.9. The molecule has 10 heteroatoms. The lowest BCUT2D eigenvalue weighted by atomic mass is 10.0. The number of fused-ring (bicyclic) bond motifs is 2. The van der Waals surface area contributed by atoms with Crippen LogP contribution in [0.1, 0.15) is 62.5 Å². The van der Waals surface area contributed by atoms with Crippen LogP contribution in [0.25, 0.3) is 0 Å². The predicted octanol–water partition coefficient (Wildman–Crippen LogP) is 4.46. The van der Waals surface area contributed by atoms with Gasteiger partial charge in [0.25, 0.3) is 0 Å². The summed E-state index contributed by atoms with van der Waals surface area (Å²) < 4.78 is 13.9. The number of aliphatic imine (C=N–C) groups is 1. The lowest BCUT2D eigenvalue weighted by Crippen LogP contribution is -2.52. The first-order chi connectivity index (χ1) is 18.3. The zero-order valence-electron chi connectivity index (χ0n) is 21.9. The minimum absolute atomic E-state index is 0.244. The van der Waals surface area contributed by atoms with Gasteiger partial charge in [-0.05, 0) is 61.1 Å². The van der Waals surface area contributed by atoms with Gasteiger partial charge >= 0.3 is 11.9 Å². The molecule has 1 aliphatic carbocycles. The van der Waals surface area contributed by atoms with E-state index in [1.54, 1.807) is 6.07 Å². The van der Waals surface area contributed by atoms with Crippen LogP contribution in [-0.4, -0.2) is 70.8 Å². The van der Waals surface area contributed by atoms with Gasteiger partial charge in [-0.2, -0.15) is 0 Å². The highest BCUT2D eigenvalue weighted by Crippen LogP contribution is 2.43. The fourth-order valence-corrected chi connectivity index (χ4v) is 4.57. The Morgan fingerprint density at radius 2 is 1.76 bits per heavy atom. The van der Waals surface area contributed by atoms with Crippen molar-refractivity contribution in [2.24, 2.45) is 4.99 Å². The molecule has 9 nitrogen and oxygen atoms in total. The van der Waals surface area contributed by atoms with E-state index in [0.29, 0.717) is 12.0 Å². The van der Waals surface area contributed by atoms with Crippen LogP contribution in [0.4, 0.5) is 21.5 Å². The van der Waals surface area contributed by atoms with Gasteiger partial charge in [-0.15, -0.1) is 0 Å². The molecule has 1 saturated heterocycles. The monoisotopic (exact) mass is 528 g/mol. The molecule has 0 amide bonds. The van der Waals surface area contributed by atoms with E-state index in [9.17, 15) is 14.0 Å². The molecule has 206 valence electrons. The van der Waals surface area contributed by atoms with Crippen LogP contribution in [0.2, 0.25) is 0 Å². The van der Waals surface area contributed by atoms with Gasteiger partial charge in [0.1, 0.15) is 11.7 Å². The number of aliphatic carboxylic acids is 2. The first-order valence-corrected chi connectivity index (χ1v) is 13.0. The van der Waals surface area contributed by atoms with Gasteiger partial charge in [0.2, 0.25) is 0 Å². The van der Waals surface area contributed by atoms with Crippen LogP contribution in [0.15, 0.2) is 41.4 Å². The molecule has 0 bridgehead atoms. The number of nitrogens with zero attached hydrogens (tertiary/aromatic N) is 2. The summed E-state index contributed by atoms with van der Waals surface area (Å²) in [6, 6.07) is 11.9. The van der Waals surface area contributed by atoms with E-state index >= 15 is 0 Å². The van der Waals surface area contributed by atoms with Crippen molar-refractivity contribution < 1.29 is 29.3 Å². The highest BCUT2D eigenvalue weighted by atomic mass is 19.1. The van der Waals surface area contributed by atoms with Gasteiger partial charge in [0, 0.05) is 44.0 Å². The van der Waals surface area contributed by atoms with E-state index in [-0.39, 0.29) is 18.7 Å². The third kappa shape index (κ3) is 8.00. The second kappa shape index (κ2) is 13.9. The van der Waals surface area contributed by atoms with Crippen LogP contribution in [0, 0.1) is 5.82 Å². The Labute approximate surface area is 222 Å². The van der Waals surface area contributed by atoms with Gasteiger partial charge < -0.3 is 30.9 Å². The maximum Gasteiger partial charge on any atom is 0.303 e. The molecule has 0 spiro atoms. The highest BCUT2D eigenvalue weighted by molar-refractivity contribution is 6.08. The molecule has 2 aromatic rings. The second-order valence-electron chi connectivity index (χ2n) is 9.47. The summed E-state index contributed by atoms with van der Waals surface area (Å²) in [4.78, 5) is 26.7. The first kappa shape index (κ1) is 29.1. The third-order valence-electron chi connectivity index (χ3n) is 6.53. The second-order valence-corrected chi connectivity index (χ2v) is 9.47. The van der Waals surface area contributed by atoms with Crippen molar-refractivity contribution in [1.29, 1.82) is 0 Å². The minimum Gasteiger partial charge on any atom is -0.481 e. The van der Waals surface area contributed by atoms with E-state index in [4.69, 9.17) is 20.3 Å². The standard InChI is InChI=1S/C23H27FN4.C4H6O4.CH4O/c1-2-3-18-14-28(11-10-25-18)23-19-12-16(15-4-5-15)6-8-20(19)26-22-13-17(24)7-9-21(22)27-23;5-3(6)1-2-4(7)8;1-2/h6-9,12-13,15,18,25-26H,2-5,10-11,14H2,1H3;1-2H2,(H,5,6)(H,7,8);2H,1H3/t18-;;/m0../s1. The van der Waals surface area contributed by atoms with Crippen molar-refractivity contribution >= 4 is 34.8 Å². The van der Waals surface area contributed by atoms with E-state index in [0.717, 1.165) is 55.2 Å². The molecule has 2 aromatic carbocycles. The molecule has 1 atom stereocenters. The number of aliphatic hydroxyl groups is 1. The quantitative estimate of drug-likeness (QED) is 0.371. The lowest BCUT2D eigenvalue weighted by Gasteiger charge is -2.36. The van der Waals surface area contributed by atoms with Crippen molar-refractivity contribution in [3.8, 4) is 0 Å². The Bertz CT molecular complexity index is 1140. The average Bonchev–Trinajstić information content (AvgIpc) is 3.76. The van der Waals surface area contributed by atoms with Crippen LogP contribution < -0.4 is 10.6 Å². The normalized spacial score (nSPS) is 17.6. The van der Waals surface area contributed by atoms with Crippen LogP contribution in [-0.2, 0) is 9.59 Å². The van der Waals surface area contributed by atoms with Crippen molar-refractivity contribution in [1.82, 2.24) is 10.2 Å². The molecular formula is C28H37FN4O5. The fourth-order valence-electron chi connectivity index (χ4n) is 4.57. The predicted molar refractivity (Wildman–Crippen MR) is 145 cm³/mol. The smallest absolute Gasteiger partial charge is 0.303 e. The van der Waals surface area contributed by atoms with Gasteiger partial charge in [0.05, 0.1) is 24.2 Å². The van der Waals surface area contributed by atoms with E-state index in [1.807, 2.05) is 0 Å². The number of amidine groups is 1. The topological polar surface area (TPSA) is 134 Å². The molecule has 2 fully saturated rings. The number of aliphatic hydroxyl groups excluding tert-OH is 1. The summed E-state index contributed by atoms with van der Waals surface area (Å²) in [5.74, 6) is -0.700. The van der Waals surface area contributed by atoms with E-state index < -0.39 is 11.9 Å². The SMILES string of the molecule is CCC[C@H]1CN(C2=Nc3ccc(F)cc3Nc3ccc(C4CC4)cc32)CCN1.CO.O=C(O)CCC(=O)O. The number of halogens is 1. The summed E-state index contributed by atoms with van der Waals surface area (Å²) in [6.45, 7) is 5.08. The highest BCUT2D eigenvalue weighted by Gasteiger charge is 2.29. The molecule has 0 unspecified atom stereocenters. The Morgan fingerprint density at radius 1 is 1.05 bits per heavy atom. The number of nitrogens with one attached hydrogen (secondary N) is 2. The van der Waals surface area contributed by atoms with Crippen molar-refractivity contribution in [3.05, 3.63) is 53.3 Å². The number of hydrogen-bond acceptors (Lipinski definition) is 7. The molecule has 38 heavy (non-hydrogen) atoms. The fraction of sp³-hybridized carbons (Fsp3) is 0.464. The minimum atomic E-state index is -1.08. The van der Waals surface area contributed by atoms with Crippen molar-refractivity contribution in [2.75, 3.05) is 32.1 Å². The van der Waals surface area contributed by atoms with Crippen molar-refractivity contribution in [3.63, 3.8) is 0 Å². The number of piperazine rings is 1. The van der Waals surface area contributed by atoms with Gasteiger partial charge in [0.15, 0.2) is 0 Å². The number of carboxylic acid groups (broad SMARTS) is 2. The molecular weight excluding hydrogens is 491 g/mol. The Balaban J connectivity index is 0.000000346. The summed E-state index contributed by atoms with van der Waals surface area (Å²) in [7, 11) is 1.00. The molecule has 1 saturated carbocycles. The first-order valence-electron chi connectivity index (χ1n) is 13.0. The molecule has 5 N–H and O–H groups in total. The number of rotatable bonds is 6. The van der Waals surface area contributed by atoms with Gasteiger partial charge in [-0.1, -0.05) is 19.4 Å². The maximum atomic E-state index is 13.9. The Kier molecular flexibility index (Phi) is 10.6. The third-order valence-corrected chi connectivity index (χ3v) is 6.53. The summed E-state index contributed by atoms with van der Waals surface area (Å²) in [6.07, 6.45) is 4.29. The molecule has 2 aliphatic heterocycles. The summed E-state index contributed by atoms with van der Waals surface area (Å²) >= 11 is 0. The van der Waals surface area contributed by atoms with Crippen LogP contribution in [0.5, 0.6) is 0 Å². The average molecular weight is 529 g/mol. The van der Waals surface area contributed by atoms with Crippen LogP contribution in [0.3, 0.4) is 0 Å². The largest absolute Gasteiger partial charge is 0.481 e. The number of carbonyl (C=O) groups is 2. The number of carboxylic acids is 2. The molecule has 2 heterocycles. The zero-order chi connectivity index (χ0) is 27.7. The molecule has 3 aliphatic rings. The van der Waals surface area contributed by atoms with Gasteiger partial charge in [-0.25, -0.2) is 9.38 Å². The zero-order valence-corrected chi connectivity index (χ0v) is 21.9. The summed E-state index contributed by atoms with van der Waals surface area (Å²) in [5, 5.41) is 29.9. The summed E-state index contributed by atoms with van der Waals surface area (Å²) in [5.41, 5.74) is 5.07. The lowest BCUT2D eigenvalue weighted by molar-refractivity contribution is -0.143. The van der Waals surface area contributed by atoms with E-state index in [1.165, 1.54) is 43.4 Å².